The molecule has 0 saturated carbocycles. The third-order valence-electron chi connectivity index (χ3n) is 4.22. The Balaban J connectivity index is 1.88. The molecule has 2 rings (SSSR count). The van der Waals surface area contributed by atoms with Gasteiger partial charge in [-0.3, -0.25) is 14.4 Å². The molecule has 1 atom stereocenters. The summed E-state index contributed by atoms with van der Waals surface area (Å²) in [6, 6.07) is 17.2. The predicted octanol–water partition coefficient (Wildman–Crippen LogP) is 1.87. The van der Waals surface area contributed by atoms with Gasteiger partial charge in [0.15, 0.2) is 0 Å². The van der Waals surface area contributed by atoms with Gasteiger partial charge in [-0.2, -0.15) is 0 Å². The van der Waals surface area contributed by atoms with E-state index in [9.17, 15) is 19.2 Å². The zero-order valence-electron chi connectivity index (χ0n) is 17.3. The van der Waals surface area contributed by atoms with E-state index in [0.29, 0.717) is 0 Å². The summed E-state index contributed by atoms with van der Waals surface area (Å²) in [6.07, 6.45) is -0.0780. The molecule has 0 aliphatic carbocycles. The van der Waals surface area contributed by atoms with Crippen LogP contribution in [0.2, 0.25) is 0 Å². The molecule has 0 spiro atoms. The van der Waals surface area contributed by atoms with Crippen LogP contribution in [-0.4, -0.2) is 36.3 Å². The number of ether oxygens (including phenoxy) is 2. The zero-order valence-corrected chi connectivity index (χ0v) is 17.3. The molecule has 164 valence electrons. The molecule has 1 unspecified atom stereocenters. The van der Waals surface area contributed by atoms with E-state index in [1.54, 1.807) is 12.1 Å². The Morgan fingerprint density at radius 1 is 0.839 bits per heavy atom. The highest BCUT2D eigenvalue weighted by Crippen LogP contribution is 2.08. The van der Waals surface area contributed by atoms with E-state index in [0.717, 1.165) is 11.1 Å². The third-order valence-corrected chi connectivity index (χ3v) is 4.22. The monoisotopic (exact) mass is 426 g/mol. The van der Waals surface area contributed by atoms with Crippen molar-refractivity contribution in [2.45, 2.75) is 39.0 Å². The second-order valence-corrected chi connectivity index (χ2v) is 6.81. The van der Waals surface area contributed by atoms with Crippen LogP contribution < -0.4 is 10.6 Å². The number of nitrogens with one attached hydrogen (secondary N) is 2. The standard InChI is InChI=1S/C23H26N2O6/c1-17(26)24-14-21(27)25-20(23(29)31-16-19-10-6-3-7-11-19)12-13-22(28)30-15-18-8-4-2-5-9-18/h2-11,20H,12-16H2,1H3,(H,24,26)(H,25,27). The quantitative estimate of drug-likeness (QED) is 0.531. The molecule has 2 aromatic rings. The van der Waals surface area contributed by atoms with Gasteiger partial charge in [-0.05, 0) is 17.5 Å². The first kappa shape index (κ1) is 23.6. The van der Waals surface area contributed by atoms with Crippen LogP contribution in [-0.2, 0) is 41.9 Å². The summed E-state index contributed by atoms with van der Waals surface area (Å²) < 4.78 is 10.5. The number of carbonyl (C=O) groups excluding carboxylic acids is 4. The van der Waals surface area contributed by atoms with Gasteiger partial charge in [-0.25, -0.2) is 4.79 Å². The maximum Gasteiger partial charge on any atom is 0.328 e. The van der Waals surface area contributed by atoms with Crippen LogP contribution >= 0.6 is 0 Å². The van der Waals surface area contributed by atoms with Crippen molar-refractivity contribution in [3.8, 4) is 0 Å². The molecule has 31 heavy (non-hydrogen) atoms. The minimum Gasteiger partial charge on any atom is -0.461 e. The Morgan fingerprint density at radius 2 is 1.39 bits per heavy atom. The lowest BCUT2D eigenvalue weighted by molar-refractivity contribution is -0.150. The van der Waals surface area contributed by atoms with E-state index >= 15 is 0 Å². The van der Waals surface area contributed by atoms with Crippen LogP contribution in [0, 0.1) is 0 Å². The molecule has 2 aromatic carbocycles. The van der Waals surface area contributed by atoms with Crippen LogP contribution in [0.1, 0.15) is 30.9 Å². The first-order chi connectivity index (χ1) is 14.9. The van der Waals surface area contributed by atoms with Crippen LogP contribution in [0.5, 0.6) is 0 Å². The fourth-order valence-electron chi connectivity index (χ4n) is 2.60. The number of hydrogen-bond donors (Lipinski definition) is 2. The van der Waals surface area contributed by atoms with Gasteiger partial charge >= 0.3 is 11.9 Å². The SMILES string of the molecule is CC(=O)NCC(=O)NC(CCC(=O)OCc1ccccc1)C(=O)OCc1ccccc1. The molecule has 8 nitrogen and oxygen atoms in total. The fraction of sp³-hybridized carbons (Fsp3) is 0.304. The summed E-state index contributed by atoms with van der Waals surface area (Å²) in [4.78, 5) is 47.6. The van der Waals surface area contributed by atoms with Crippen LogP contribution in [0.15, 0.2) is 60.7 Å². The van der Waals surface area contributed by atoms with Crippen LogP contribution in [0.4, 0.5) is 0 Å². The van der Waals surface area contributed by atoms with E-state index in [4.69, 9.17) is 9.47 Å². The number of benzene rings is 2. The van der Waals surface area contributed by atoms with Gasteiger partial charge in [0.25, 0.3) is 0 Å². The van der Waals surface area contributed by atoms with Gasteiger partial charge in [0.05, 0.1) is 6.54 Å². The van der Waals surface area contributed by atoms with Gasteiger partial charge in [-0.1, -0.05) is 60.7 Å². The molecular weight excluding hydrogens is 400 g/mol. The predicted molar refractivity (Wildman–Crippen MR) is 112 cm³/mol. The van der Waals surface area contributed by atoms with Gasteiger partial charge in [0.2, 0.25) is 11.8 Å². The van der Waals surface area contributed by atoms with Gasteiger partial charge in [-0.15, -0.1) is 0 Å². The maximum atomic E-state index is 12.5. The molecule has 8 heteroatoms. The number of hydrogen-bond acceptors (Lipinski definition) is 6. The summed E-state index contributed by atoms with van der Waals surface area (Å²) in [5.41, 5.74) is 1.64. The lowest BCUT2D eigenvalue weighted by atomic mass is 10.1. The summed E-state index contributed by atoms with van der Waals surface area (Å²) in [5.74, 6) is -2.10. The topological polar surface area (TPSA) is 111 Å². The Labute approximate surface area is 180 Å². The van der Waals surface area contributed by atoms with Crippen molar-refractivity contribution < 1.29 is 28.7 Å². The summed E-state index contributed by atoms with van der Waals surface area (Å²) >= 11 is 0. The summed E-state index contributed by atoms with van der Waals surface area (Å²) in [7, 11) is 0. The molecule has 0 aromatic heterocycles. The van der Waals surface area contributed by atoms with Crippen molar-refractivity contribution in [1.82, 2.24) is 10.6 Å². The van der Waals surface area contributed by atoms with Crippen LogP contribution in [0.25, 0.3) is 0 Å². The Morgan fingerprint density at radius 3 is 1.94 bits per heavy atom. The second-order valence-electron chi connectivity index (χ2n) is 6.81. The molecule has 2 amide bonds. The van der Waals surface area contributed by atoms with Crippen molar-refractivity contribution in [3.63, 3.8) is 0 Å². The number of esters is 2. The molecule has 2 N–H and O–H groups in total. The highest BCUT2D eigenvalue weighted by Gasteiger charge is 2.24. The zero-order chi connectivity index (χ0) is 22.5. The minimum atomic E-state index is -1.05. The third kappa shape index (κ3) is 9.58. The molecule has 0 aliphatic heterocycles. The summed E-state index contributed by atoms with van der Waals surface area (Å²) in [6.45, 7) is 1.16. The van der Waals surface area contributed by atoms with E-state index < -0.39 is 23.9 Å². The Kier molecular flexibility index (Phi) is 9.74. The summed E-state index contributed by atoms with van der Waals surface area (Å²) in [5, 5.41) is 4.86. The van der Waals surface area contributed by atoms with Crippen molar-refractivity contribution in [3.05, 3.63) is 71.8 Å². The molecule has 0 radical (unpaired) electrons. The first-order valence-electron chi connectivity index (χ1n) is 9.88. The number of amides is 2. The lowest BCUT2D eigenvalue weighted by Crippen LogP contribution is -2.46. The maximum absolute atomic E-state index is 12.5. The smallest absolute Gasteiger partial charge is 0.328 e. The molecular formula is C23H26N2O6. The van der Waals surface area contributed by atoms with E-state index in [1.165, 1.54) is 6.92 Å². The normalized spacial score (nSPS) is 11.1. The van der Waals surface area contributed by atoms with Crippen molar-refractivity contribution in [2.24, 2.45) is 0 Å². The van der Waals surface area contributed by atoms with Gasteiger partial charge in [0.1, 0.15) is 19.3 Å². The Bertz CT molecular complexity index is 870. The molecule has 0 fully saturated rings. The molecule has 0 bridgehead atoms. The number of carbonyl (C=O) groups is 4. The van der Waals surface area contributed by atoms with Crippen molar-refractivity contribution in [1.29, 1.82) is 0 Å². The average Bonchev–Trinajstić information content (AvgIpc) is 2.78. The second kappa shape index (κ2) is 12.8. The molecule has 0 saturated heterocycles. The fourth-order valence-corrected chi connectivity index (χ4v) is 2.60. The number of rotatable bonds is 11. The molecule has 0 heterocycles. The first-order valence-corrected chi connectivity index (χ1v) is 9.88. The highest BCUT2D eigenvalue weighted by molar-refractivity contribution is 5.88. The van der Waals surface area contributed by atoms with E-state index in [1.807, 2.05) is 48.5 Å². The molecule has 0 aliphatic rings. The van der Waals surface area contributed by atoms with Crippen molar-refractivity contribution in [2.75, 3.05) is 6.54 Å². The van der Waals surface area contributed by atoms with Gasteiger partial charge < -0.3 is 20.1 Å². The Hall–Kier alpha value is -3.68. The van der Waals surface area contributed by atoms with E-state index in [2.05, 4.69) is 10.6 Å². The van der Waals surface area contributed by atoms with Crippen LogP contribution in [0.3, 0.4) is 0 Å². The average molecular weight is 426 g/mol. The van der Waals surface area contributed by atoms with E-state index in [-0.39, 0.29) is 38.5 Å². The minimum absolute atomic E-state index is 0.00700. The van der Waals surface area contributed by atoms with Gasteiger partial charge in [0, 0.05) is 13.3 Å². The lowest BCUT2D eigenvalue weighted by Gasteiger charge is -2.18. The van der Waals surface area contributed by atoms with Crippen molar-refractivity contribution >= 4 is 23.8 Å². The highest BCUT2D eigenvalue weighted by atomic mass is 16.5. The largest absolute Gasteiger partial charge is 0.461 e.